The summed E-state index contributed by atoms with van der Waals surface area (Å²) in [4.78, 5) is 18.9. The molecular formula is C46H28N8O. The first-order chi connectivity index (χ1) is 27.3. The van der Waals surface area contributed by atoms with E-state index in [1.165, 1.54) is 0 Å². The molecule has 0 atom stereocenters. The summed E-state index contributed by atoms with van der Waals surface area (Å²) in [6.45, 7) is 0. The summed E-state index contributed by atoms with van der Waals surface area (Å²) in [6.07, 6.45) is 7.20. The molecule has 9 nitrogen and oxygen atoms in total. The Bertz CT molecular complexity index is 3000. The van der Waals surface area contributed by atoms with Gasteiger partial charge in [-0.25, -0.2) is 9.97 Å². The van der Waals surface area contributed by atoms with Crippen molar-refractivity contribution in [2.45, 2.75) is 0 Å². The van der Waals surface area contributed by atoms with Crippen LogP contribution in [-0.2, 0) is 0 Å². The van der Waals surface area contributed by atoms with Crippen LogP contribution >= 0.6 is 0 Å². The number of aromatic nitrogens is 8. The van der Waals surface area contributed by atoms with Gasteiger partial charge < -0.3 is 4.42 Å². The van der Waals surface area contributed by atoms with Gasteiger partial charge in [0.05, 0.1) is 44.6 Å². The number of nitrogens with zero attached hydrogens (tertiary/aromatic N) is 8. The Balaban J connectivity index is 1.11. The van der Waals surface area contributed by atoms with Gasteiger partial charge in [-0.2, -0.15) is 0 Å². The van der Waals surface area contributed by atoms with Gasteiger partial charge in [0.25, 0.3) is 0 Å². The highest BCUT2D eigenvalue weighted by molar-refractivity contribution is 6.14. The zero-order valence-corrected chi connectivity index (χ0v) is 29.2. The summed E-state index contributed by atoms with van der Waals surface area (Å²) in [5.41, 5.74) is 9.06. The third kappa shape index (κ3) is 4.94. The van der Waals surface area contributed by atoms with Gasteiger partial charge in [-0.15, -0.1) is 10.2 Å². The average Bonchev–Trinajstić information content (AvgIpc) is 3.98. The quantitative estimate of drug-likeness (QED) is 0.169. The minimum absolute atomic E-state index is 0.407. The zero-order chi connectivity index (χ0) is 36.3. The molecule has 0 N–H and O–H groups in total. The Labute approximate surface area is 313 Å². The normalized spacial score (nSPS) is 11.6. The third-order valence-corrected chi connectivity index (χ3v) is 10.1. The molecule has 0 aliphatic rings. The molecule has 258 valence electrons. The molecule has 0 saturated heterocycles. The average molecular weight is 709 g/mol. The molecule has 0 aliphatic heterocycles. The SMILES string of the molecule is c1cncc(-c2cccc(-n3c4ccccc4c4cccc(-c5nnc(-c6cccc7c8ccccc8n(-c8cccc(-c9cccnc9)n8)c67)o5)c43)n2)c1. The van der Waals surface area contributed by atoms with Gasteiger partial charge in [-0.3, -0.25) is 19.1 Å². The van der Waals surface area contributed by atoms with E-state index >= 15 is 0 Å². The van der Waals surface area contributed by atoms with Crippen LogP contribution in [0.25, 0.3) is 101 Å². The van der Waals surface area contributed by atoms with Crippen LogP contribution in [0.15, 0.2) is 175 Å². The van der Waals surface area contributed by atoms with E-state index in [0.29, 0.717) is 11.8 Å². The number of hydrogen-bond donors (Lipinski definition) is 0. The largest absolute Gasteiger partial charge is 0.416 e. The predicted molar refractivity (Wildman–Crippen MR) is 216 cm³/mol. The summed E-state index contributed by atoms with van der Waals surface area (Å²) in [7, 11) is 0. The Morgan fingerprint density at radius 1 is 0.400 bits per heavy atom. The maximum Gasteiger partial charge on any atom is 0.250 e. The molecule has 0 radical (unpaired) electrons. The Hall–Kier alpha value is -7.78. The van der Waals surface area contributed by atoms with E-state index in [-0.39, 0.29) is 0 Å². The Morgan fingerprint density at radius 2 is 0.855 bits per heavy atom. The van der Waals surface area contributed by atoms with Gasteiger partial charge in [0.1, 0.15) is 11.6 Å². The minimum atomic E-state index is 0.407. The topological polar surface area (TPSA) is 100 Å². The first-order valence-electron chi connectivity index (χ1n) is 17.9. The number of benzene rings is 4. The predicted octanol–water partition coefficient (Wildman–Crippen LogP) is 10.5. The van der Waals surface area contributed by atoms with E-state index < -0.39 is 0 Å². The summed E-state index contributed by atoms with van der Waals surface area (Å²) in [5.74, 6) is 2.36. The summed E-state index contributed by atoms with van der Waals surface area (Å²) in [5, 5.41) is 13.7. The summed E-state index contributed by atoms with van der Waals surface area (Å²) in [6, 6.07) is 49.1. The van der Waals surface area contributed by atoms with Crippen LogP contribution in [0.2, 0.25) is 0 Å². The van der Waals surface area contributed by atoms with Gasteiger partial charge in [0.15, 0.2) is 0 Å². The first kappa shape index (κ1) is 30.8. The summed E-state index contributed by atoms with van der Waals surface area (Å²) < 4.78 is 11.1. The number of pyridine rings is 4. The molecule has 9 heteroatoms. The number of hydrogen-bond acceptors (Lipinski definition) is 7. The van der Waals surface area contributed by atoms with Crippen molar-refractivity contribution in [3.8, 4) is 57.1 Å². The smallest absolute Gasteiger partial charge is 0.250 e. The van der Waals surface area contributed by atoms with Crippen LogP contribution < -0.4 is 0 Å². The van der Waals surface area contributed by atoms with Crippen molar-refractivity contribution in [3.63, 3.8) is 0 Å². The number of para-hydroxylation sites is 4. The van der Waals surface area contributed by atoms with Crippen molar-refractivity contribution in [1.29, 1.82) is 0 Å². The van der Waals surface area contributed by atoms with Crippen LogP contribution in [-0.4, -0.2) is 39.3 Å². The van der Waals surface area contributed by atoms with E-state index in [1.54, 1.807) is 12.4 Å². The molecule has 0 spiro atoms. The molecule has 11 aromatic rings. The van der Waals surface area contributed by atoms with Crippen molar-refractivity contribution in [2.75, 3.05) is 0 Å². The lowest BCUT2D eigenvalue weighted by atomic mass is 10.1. The third-order valence-electron chi connectivity index (χ3n) is 10.1. The Morgan fingerprint density at radius 3 is 1.33 bits per heavy atom. The van der Waals surface area contributed by atoms with Gasteiger partial charge in [0, 0.05) is 57.5 Å². The lowest BCUT2D eigenvalue weighted by Gasteiger charge is -2.11. The lowest BCUT2D eigenvalue weighted by molar-refractivity contribution is 0.585. The highest BCUT2D eigenvalue weighted by Crippen LogP contribution is 2.41. The van der Waals surface area contributed by atoms with Crippen LogP contribution in [0.4, 0.5) is 0 Å². The van der Waals surface area contributed by atoms with Crippen molar-refractivity contribution >= 4 is 43.6 Å². The van der Waals surface area contributed by atoms with Gasteiger partial charge in [0.2, 0.25) is 11.8 Å². The van der Waals surface area contributed by atoms with Gasteiger partial charge in [-0.1, -0.05) is 72.8 Å². The maximum absolute atomic E-state index is 6.73. The van der Waals surface area contributed by atoms with E-state index in [2.05, 4.69) is 67.6 Å². The molecule has 4 aromatic carbocycles. The fraction of sp³-hybridized carbons (Fsp3) is 0. The molecule has 0 bridgehead atoms. The molecule has 55 heavy (non-hydrogen) atoms. The second kappa shape index (κ2) is 12.4. The molecule has 0 amide bonds. The molecule has 0 aliphatic carbocycles. The Kier molecular flexibility index (Phi) is 6.96. The van der Waals surface area contributed by atoms with Crippen LogP contribution in [0.3, 0.4) is 0 Å². The fourth-order valence-corrected chi connectivity index (χ4v) is 7.74. The fourth-order valence-electron chi connectivity index (χ4n) is 7.74. The van der Waals surface area contributed by atoms with E-state index in [0.717, 1.165) is 88.9 Å². The second-order valence-corrected chi connectivity index (χ2v) is 13.3. The number of fused-ring (bicyclic) bond motifs is 6. The minimum Gasteiger partial charge on any atom is -0.416 e. The summed E-state index contributed by atoms with van der Waals surface area (Å²) >= 11 is 0. The van der Waals surface area contributed by atoms with E-state index in [9.17, 15) is 0 Å². The highest BCUT2D eigenvalue weighted by atomic mass is 16.4. The molecule has 7 aromatic heterocycles. The van der Waals surface area contributed by atoms with E-state index in [4.69, 9.17) is 24.6 Å². The van der Waals surface area contributed by atoms with Crippen molar-refractivity contribution < 1.29 is 4.42 Å². The lowest BCUT2D eigenvalue weighted by Crippen LogP contribution is -2.00. The molecule has 7 heterocycles. The first-order valence-corrected chi connectivity index (χ1v) is 17.9. The monoisotopic (exact) mass is 708 g/mol. The molecule has 0 unspecified atom stereocenters. The zero-order valence-electron chi connectivity index (χ0n) is 29.2. The van der Waals surface area contributed by atoms with Gasteiger partial charge in [-0.05, 0) is 72.8 Å². The standard InChI is InChI=1S/C46H28N8O/c1-3-21-39-31(13-1)33-15-5-17-35(43(33)53(39)41-23-7-19-37(49-41)29-11-9-25-47-27-29)45-51-52-46(55-45)36-18-6-16-34-32-14-2-4-22-40(32)54(44(34)36)42-24-8-20-38(50-42)30-12-10-26-48-28-30/h1-28H. The maximum atomic E-state index is 6.73. The van der Waals surface area contributed by atoms with Crippen LogP contribution in [0, 0.1) is 0 Å². The van der Waals surface area contributed by atoms with Crippen molar-refractivity contribution in [3.05, 3.63) is 170 Å². The molecular weight excluding hydrogens is 681 g/mol. The molecule has 11 rings (SSSR count). The van der Waals surface area contributed by atoms with Gasteiger partial charge >= 0.3 is 0 Å². The highest BCUT2D eigenvalue weighted by Gasteiger charge is 2.23. The van der Waals surface area contributed by atoms with Crippen molar-refractivity contribution in [1.82, 2.24) is 39.3 Å². The molecule has 0 saturated carbocycles. The van der Waals surface area contributed by atoms with Crippen LogP contribution in [0.1, 0.15) is 0 Å². The number of rotatable bonds is 6. The van der Waals surface area contributed by atoms with E-state index in [1.807, 2.05) is 109 Å². The second-order valence-electron chi connectivity index (χ2n) is 13.3. The molecule has 0 fully saturated rings. The van der Waals surface area contributed by atoms with Crippen molar-refractivity contribution in [2.24, 2.45) is 0 Å². The van der Waals surface area contributed by atoms with Crippen LogP contribution in [0.5, 0.6) is 0 Å².